The second-order valence-electron chi connectivity index (χ2n) is 0. The molecule has 0 aromatic heterocycles. The molecule has 0 aromatic rings. The fourth-order valence-corrected chi connectivity index (χ4v) is 0. The number of rotatable bonds is 0. The van der Waals surface area contributed by atoms with E-state index < -0.39 is 0 Å². The maximum Gasteiger partial charge on any atom is -0.0185 e. The summed E-state index contributed by atoms with van der Waals surface area (Å²) in [4.78, 5) is 0. The van der Waals surface area contributed by atoms with Crippen molar-refractivity contribution >= 4 is 18.9 Å². The van der Waals surface area contributed by atoms with Crippen LogP contribution < -0.4 is 0 Å². The van der Waals surface area contributed by atoms with Gasteiger partial charge in [0.1, 0.15) is 0 Å². The van der Waals surface area contributed by atoms with E-state index in [1.165, 1.54) is 0 Å². The molecule has 0 aliphatic carbocycles. The minimum absolute atomic E-state index is 0. The zero-order valence-electron chi connectivity index (χ0n) is 1.71. The van der Waals surface area contributed by atoms with Crippen LogP contribution in [0.1, 0.15) is 14.9 Å². The quantitative estimate of drug-likeness (QED) is 0.466. The molecule has 5 heavy (non-hydrogen) atoms. The third kappa shape index (κ3) is 103. The third-order valence-electron chi connectivity index (χ3n) is 0. The zero-order valence-corrected chi connectivity index (χ0v) is 4.12. The minimum atomic E-state index is 0. The normalized spacial score (nSPS) is 0.800. The first-order valence-corrected chi connectivity index (χ1v) is 0.750. The highest BCUT2D eigenvalue weighted by atomic mass is 31.0. The molecule has 0 bridgehead atoms. The van der Waals surface area contributed by atoms with Crippen molar-refractivity contribution in [2.24, 2.45) is 0 Å². The van der Waals surface area contributed by atoms with Crippen LogP contribution in [0.15, 0.2) is 0 Å². The Morgan fingerprint density at radius 2 is 1.00 bits per heavy atom. The van der Waals surface area contributed by atoms with Gasteiger partial charge in [-0.1, -0.05) is 14.9 Å². The smallest absolute Gasteiger partial charge is 0.0185 e. The number of hydrogen-bond acceptors (Lipinski definition) is 1. The first-order valence-electron chi connectivity index (χ1n) is 0.250. The molecule has 0 aromatic carbocycles. The average Bonchev–Trinajstić information content (AvgIpc) is 1.00. The van der Waals surface area contributed by atoms with Crippen LogP contribution in [0.4, 0.5) is 0 Å². The van der Waals surface area contributed by atoms with Crippen LogP contribution in [0.25, 0.3) is 0 Å². The molecule has 0 aliphatic rings. The summed E-state index contributed by atoms with van der Waals surface area (Å²) in [6, 6.07) is 0. The van der Waals surface area contributed by atoms with Crippen molar-refractivity contribution in [1.82, 2.24) is 0 Å². The van der Waals surface area contributed by atoms with Gasteiger partial charge in [0.15, 0.2) is 0 Å². The van der Waals surface area contributed by atoms with Gasteiger partial charge in [-0.05, 0) is 9.03 Å². The zero-order chi connectivity index (χ0) is 2.00. The Morgan fingerprint density at radius 3 is 1.00 bits per heavy atom. The molecule has 0 saturated carbocycles. The Morgan fingerprint density at radius 1 is 1.00 bits per heavy atom. The topological polar surface area (TPSA) is 23.9 Å². The fourth-order valence-electron chi connectivity index (χ4n) is 0. The number of nitrogens with one attached hydrogen (secondary N) is 1. The van der Waals surface area contributed by atoms with Crippen LogP contribution in [-0.4, -0.2) is 0 Å². The predicted octanol–water partition coefficient (Wildman–Crippen LogP) is 2.22. The van der Waals surface area contributed by atoms with E-state index in [1.54, 1.807) is 0 Å². The summed E-state index contributed by atoms with van der Waals surface area (Å²) in [6.07, 6.45) is 0. The van der Waals surface area contributed by atoms with Crippen molar-refractivity contribution in [3.8, 4) is 0 Å². The predicted molar refractivity (Wildman–Crippen MR) is 35.6 cm³/mol. The summed E-state index contributed by atoms with van der Waals surface area (Å²) < 4.78 is 0. The van der Waals surface area contributed by atoms with Crippen LogP contribution in [-0.2, 0) is 0 Å². The monoisotopic (exact) mass is 113 g/mol. The van der Waals surface area contributed by atoms with Crippen LogP contribution in [0, 0.1) is 5.16 Å². The highest BCUT2D eigenvalue weighted by Crippen LogP contribution is 1.28. The van der Waals surface area contributed by atoms with Crippen molar-refractivity contribution < 1.29 is 0 Å². The van der Waals surface area contributed by atoms with E-state index in [1.807, 2.05) is 0 Å². The standard InChI is InChI=1S/2CH4.H2NP.H3P/c;;1-2;/h2*1H4;1-2H;1H3. The lowest BCUT2D eigenvalue weighted by Crippen LogP contribution is -0.334. The van der Waals surface area contributed by atoms with Gasteiger partial charge in [0.2, 0.25) is 0 Å². The molecule has 0 amide bonds. The minimum Gasteiger partial charge on any atom is -0.287 e. The molecule has 1 unspecified atom stereocenters. The first-order chi connectivity index (χ1) is 1.00. The molecule has 0 aliphatic heterocycles. The Bertz CT molecular complexity index is 7.61. The molecule has 1 N–H and O–H groups in total. The SMILES string of the molecule is C.C.N=P.P. The van der Waals surface area contributed by atoms with Crippen LogP contribution in [0.5, 0.6) is 0 Å². The lowest BCUT2D eigenvalue weighted by molar-refractivity contribution is 1.66. The molecule has 0 radical (unpaired) electrons. The highest BCUT2D eigenvalue weighted by Gasteiger charge is 0.567. The summed E-state index contributed by atoms with van der Waals surface area (Å²) in [5.74, 6) is 0. The van der Waals surface area contributed by atoms with Crippen LogP contribution in [0.3, 0.4) is 0 Å². The largest absolute Gasteiger partial charge is 0.287 e. The van der Waals surface area contributed by atoms with Gasteiger partial charge in [0.25, 0.3) is 0 Å². The molecular formula is C2H13NP2. The Hall–Kier alpha value is 0.530. The molecule has 1 nitrogen and oxygen atoms in total. The van der Waals surface area contributed by atoms with Gasteiger partial charge >= 0.3 is 0 Å². The second-order valence-corrected chi connectivity index (χ2v) is 0. The number of hydrogen-bond donors (Lipinski definition) is 1. The lowest BCUT2D eigenvalue weighted by Gasteiger charge is -0.873. The van der Waals surface area contributed by atoms with Crippen LogP contribution >= 0.6 is 18.9 Å². The van der Waals surface area contributed by atoms with Gasteiger partial charge in [-0.25, -0.2) is 0 Å². The summed E-state index contributed by atoms with van der Waals surface area (Å²) in [7, 11) is 2.22. The van der Waals surface area contributed by atoms with E-state index in [9.17, 15) is 0 Å². The Kier molecular flexibility index (Phi) is 1950. The molecular weight excluding hydrogens is 100.0 g/mol. The molecule has 0 rings (SSSR count). The Labute approximate surface area is 39.9 Å². The molecule has 0 heterocycles. The summed E-state index contributed by atoms with van der Waals surface area (Å²) >= 11 is 0. The average molecular weight is 113 g/mol. The van der Waals surface area contributed by atoms with Gasteiger partial charge in [0.05, 0.1) is 0 Å². The van der Waals surface area contributed by atoms with Crippen molar-refractivity contribution in [2.45, 2.75) is 14.9 Å². The molecule has 36 valence electrons. The molecule has 0 spiro atoms. The van der Waals surface area contributed by atoms with Gasteiger partial charge in [0, 0.05) is 0 Å². The lowest BCUT2D eigenvalue weighted by atomic mass is 12.0. The fraction of sp³-hybridized carbons (Fsp3) is 1.00. The van der Waals surface area contributed by atoms with Gasteiger partial charge in [-0.2, -0.15) is 9.90 Å². The first kappa shape index (κ1) is 48.5. The highest BCUT2D eigenvalue weighted by molar-refractivity contribution is 7.02. The molecule has 0 saturated heterocycles. The Balaban J connectivity index is -0.00000000167. The summed E-state index contributed by atoms with van der Waals surface area (Å²) in [5, 5.41) is 5.56. The third-order valence-corrected chi connectivity index (χ3v) is 0. The van der Waals surface area contributed by atoms with E-state index in [-0.39, 0.29) is 24.8 Å². The van der Waals surface area contributed by atoms with Crippen molar-refractivity contribution in [3.63, 3.8) is 0 Å². The van der Waals surface area contributed by atoms with Crippen molar-refractivity contribution in [3.05, 3.63) is 0 Å². The second kappa shape index (κ2) is 201. The maximum absolute atomic E-state index is 5.56. The molecule has 3 heteroatoms. The summed E-state index contributed by atoms with van der Waals surface area (Å²) in [6.45, 7) is 0. The van der Waals surface area contributed by atoms with Gasteiger partial charge in [-0.15, -0.1) is 0 Å². The maximum atomic E-state index is 5.56. The van der Waals surface area contributed by atoms with Crippen molar-refractivity contribution in [2.75, 3.05) is 0 Å². The summed E-state index contributed by atoms with van der Waals surface area (Å²) in [5.41, 5.74) is 0. The molecule has 0 fully saturated rings. The van der Waals surface area contributed by atoms with Gasteiger partial charge in [-0.3, -0.25) is 5.16 Å². The van der Waals surface area contributed by atoms with Crippen molar-refractivity contribution in [1.29, 1.82) is 5.16 Å². The van der Waals surface area contributed by atoms with E-state index in [4.69, 9.17) is 5.16 Å². The van der Waals surface area contributed by atoms with E-state index in [0.29, 0.717) is 0 Å². The molecule has 1 atom stereocenters. The van der Waals surface area contributed by atoms with E-state index in [0.717, 1.165) is 0 Å². The van der Waals surface area contributed by atoms with E-state index >= 15 is 0 Å². The van der Waals surface area contributed by atoms with E-state index in [2.05, 4.69) is 9.03 Å². The van der Waals surface area contributed by atoms with Gasteiger partial charge < -0.3 is 0 Å². The van der Waals surface area contributed by atoms with Crippen LogP contribution in [0.2, 0.25) is 0 Å².